The highest BCUT2D eigenvalue weighted by molar-refractivity contribution is 6.45. The molecule has 1 N–H and O–H groups in total. The molecule has 3 atom stereocenters. The van der Waals surface area contributed by atoms with Gasteiger partial charge in [0.05, 0.1) is 6.10 Å². The van der Waals surface area contributed by atoms with Crippen LogP contribution >= 0.6 is 0 Å². The van der Waals surface area contributed by atoms with Gasteiger partial charge in [-0.1, -0.05) is 0 Å². The molecule has 0 amide bonds. The molecule has 2 rings (SSSR count). The first-order valence-electron chi connectivity index (χ1n) is 6.47. The molecule has 0 aromatic heterocycles. The average Bonchev–Trinajstić information content (AvgIpc) is 2.73. The minimum Gasteiger partial charge on any atom is -0.437 e. The summed E-state index contributed by atoms with van der Waals surface area (Å²) in [5, 5.41) is 9.55. The van der Waals surface area contributed by atoms with Gasteiger partial charge >= 0.3 is 7.05 Å². The number of alkyl halides is 1. The van der Waals surface area contributed by atoms with Gasteiger partial charge in [-0.2, -0.15) is 0 Å². The van der Waals surface area contributed by atoms with E-state index in [-0.39, 0.29) is 18.4 Å². The van der Waals surface area contributed by atoms with Gasteiger partial charge < -0.3 is 19.3 Å². The van der Waals surface area contributed by atoms with Gasteiger partial charge in [-0.15, -0.1) is 0 Å². The van der Waals surface area contributed by atoms with Crippen LogP contribution in [0.25, 0.3) is 0 Å². The predicted octanol–water partition coefficient (Wildman–Crippen LogP) is 1.05. The molecule has 2 aliphatic rings. The molecular weight excluding hydrogens is 224 g/mol. The predicted molar refractivity (Wildman–Crippen MR) is 63.4 cm³/mol. The van der Waals surface area contributed by atoms with Crippen LogP contribution < -0.4 is 0 Å². The van der Waals surface area contributed by atoms with Crippen LogP contribution in [0.5, 0.6) is 0 Å². The van der Waals surface area contributed by atoms with Gasteiger partial charge in [0.15, 0.2) is 6.29 Å². The third kappa shape index (κ3) is 3.41. The highest BCUT2D eigenvalue weighted by Crippen LogP contribution is 2.25. The second kappa shape index (κ2) is 6.13. The number of hydrogen-bond acceptors (Lipinski definition) is 4. The zero-order chi connectivity index (χ0) is 12.3. The SMILES string of the molecule is CB(O)N1CC(OC2CCCCO2)CC1CF. The average molecular weight is 245 g/mol. The van der Waals surface area contributed by atoms with E-state index in [1.54, 1.807) is 11.6 Å². The highest BCUT2D eigenvalue weighted by atomic mass is 19.1. The number of nitrogens with zero attached hydrogens (tertiary/aromatic N) is 1. The van der Waals surface area contributed by atoms with Crippen LogP contribution in [0.3, 0.4) is 0 Å². The lowest BCUT2D eigenvalue weighted by Crippen LogP contribution is -2.42. The van der Waals surface area contributed by atoms with Crippen LogP contribution in [0.2, 0.25) is 6.82 Å². The Balaban J connectivity index is 1.82. The molecule has 17 heavy (non-hydrogen) atoms. The van der Waals surface area contributed by atoms with E-state index in [4.69, 9.17) is 9.47 Å². The molecule has 0 spiro atoms. The normalized spacial score (nSPS) is 35.1. The Hall–Kier alpha value is -0.165. The number of halogens is 1. The van der Waals surface area contributed by atoms with E-state index in [1.165, 1.54) is 0 Å². The monoisotopic (exact) mass is 245 g/mol. The summed E-state index contributed by atoms with van der Waals surface area (Å²) in [5.74, 6) is 0. The van der Waals surface area contributed by atoms with Gasteiger partial charge in [0.1, 0.15) is 6.67 Å². The maximum atomic E-state index is 12.8. The molecule has 2 fully saturated rings. The first-order chi connectivity index (χ1) is 8.20. The molecule has 4 nitrogen and oxygen atoms in total. The minimum absolute atomic E-state index is 0.0200. The Kier molecular flexibility index (Phi) is 4.79. The van der Waals surface area contributed by atoms with E-state index < -0.39 is 13.7 Å². The topological polar surface area (TPSA) is 41.9 Å². The Bertz CT molecular complexity index is 239. The summed E-state index contributed by atoms with van der Waals surface area (Å²) < 4.78 is 24.2. The van der Waals surface area contributed by atoms with E-state index in [2.05, 4.69) is 0 Å². The van der Waals surface area contributed by atoms with Crippen molar-refractivity contribution in [2.75, 3.05) is 19.8 Å². The van der Waals surface area contributed by atoms with Gasteiger partial charge in [-0.3, -0.25) is 0 Å². The van der Waals surface area contributed by atoms with Crippen molar-refractivity contribution < 1.29 is 18.9 Å². The van der Waals surface area contributed by atoms with Crippen LogP contribution in [0.15, 0.2) is 0 Å². The molecule has 2 saturated heterocycles. The Labute approximate surface area is 102 Å². The van der Waals surface area contributed by atoms with E-state index >= 15 is 0 Å². The van der Waals surface area contributed by atoms with Crippen LogP contribution in [0.4, 0.5) is 4.39 Å². The molecule has 0 aliphatic carbocycles. The van der Waals surface area contributed by atoms with E-state index in [1.807, 2.05) is 0 Å². The summed E-state index contributed by atoms with van der Waals surface area (Å²) in [5.41, 5.74) is 0. The zero-order valence-corrected chi connectivity index (χ0v) is 10.3. The molecule has 0 aromatic rings. The van der Waals surface area contributed by atoms with Crippen molar-refractivity contribution in [3.63, 3.8) is 0 Å². The summed E-state index contributed by atoms with van der Waals surface area (Å²) in [4.78, 5) is 1.76. The van der Waals surface area contributed by atoms with Crippen molar-refractivity contribution in [3.8, 4) is 0 Å². The van der Waals surface area contributed by atoms with Crippen molar-refractivity contribution >= 4 is 7.05 Å². The molecule has 0 bridgehead atoms. The van der Waals surface area contributed by atoms with Gasteiger partial charge in [0.25, 0.3) is 0 Å². The van der Waals surface area contributed by atoms with E-state index in [0.717, 1.165) is 25.9 Å². The summed E-state index contributed by atoms with van der Waals surface area (Å²) in [6, 6.07) is -0.219. The third-order valence-electron chi connectivity index (χ3n) is 3.56. The molecule has 0 saturated carbocycles. The Morgan fingerprint density at radius 1 is 1.53 bits per heavy atom. The van der Waals surface area contributed by atoms with Crippen molar-refractivity contribution in [2.45, 2.75) is 50.9 Å². The van der Waals surface area contributed by atoms with Gasteiger partial charge in [0.2, 0.25) is 0 Å². The van der Waals surface area contributed by atoms with E-state index in [9.17, 15) is 9.41 Å². The van der Waals surface area contributed by atoms with Gasteiger partial charge in [-0.25, -0.2) is 4.39 Å². The fourth-order valence-corrected chi connectivity index (χ4v) is 2.64. The first kappa shape index (κ1) is 13.3. The highest BCUT2D eigenvalue weighted by Gasteiger charge is 2.37. The maximum Gasteiger partial charge on any atom is 0.376 e. The molecular formula is C11H21BFNO3. The molecule has 2 heterocycles. The van der Waals surface area contributed by atoms with Crippen LogP contribution in [0.1, 0.15) is 25.7 Å². The largest absolute Gasteiger partial charge is 0.437 e. The molecule has 2 aliphatic heterocycles. The standard InChI is InChI=1S/C11H21BFNO3/c1-12(15)14-8-10(6-9(14)7-13)17-11-4-2-3-5-16-11/h9-11,15H,2-8H2,1H3. The molecule has 0 aromatic carbocycles. The Morgan fingerprint density at radius 2 is 2.35 bits per heavy atom. The van der Waals surface area contributed by atoms with Crippen LogP contribution in [-0.2, 0) is 9.47 Å². The van der Waals surface area contributed by atoms with Crippen LogP contribution in [-0.4, -0.2) is 55.1 Å². The number of hydrogen-bond donors (Lipinski definition) is 1. The lowest BCUT2D eigenvalue weighted by molar-refractivity contribution is -0.184. The molecule has 6 heteroatoms. The third-order valence-corrected chi connectivity index (χ3v) is 3.56. The minimum atomic E-state index is -0.614. The zero-order valence-electron chi connectivity index (χ0n) is 10.3. The smallest absolute Gasteiger partial charge is 0.376 e. The molecule has 3 unspecified atom stereocenters. The van der Waals surface area contributed by atoms with Crippen molar-refractivity contribution in [2.24, 2.45) is 0 Å². The van der Waals surface area contributed by atoms with Crippen molar-refractivity contribution in [3.05, 3.63) is 0 Å². The Morgan fingerprint density at radius 3 is 2.88 bits per heavy atom. The second-order valence-electron chi connectivity index (χ2n) is 4.93. The quantitative estimate of drug-likeness (QED) is 0.752. The molecule has 98 valence electrons. The molecule has 0 radical (unpaired) electrons. The van der Waals surface area contributed by atoms with Crippen molar-refractivity contribution in [1.29, 1.82) is 0 Å². The fourth-order valence-electron chi connectivity index (χ4n) is 2.64. The summed E-state index contributed by atoms with van der Waals surface area (Å²) in [6.45, 7) is 2.58. The van der Waals surface area contributed by atoms with Crippen molar-refractivity contribution in [1.82, 2.24) is 4.81 Å². The summed E-state index contributed by atoms with van der Waals surface area (Å²) >= 11 is 0. The van der Waals surface area contributed by atoms with Gasteiger partial charge in [0, 0.05) is 19.2 Å². The number of rotatable bonds is 4. The van der Waals surface area contributed by atoms with Gasteiger partial charge in [-0.05, 0) is 32.5 Å². The first-order valence-corrected chi connectivity index (χ1v) is 6.47. The van der Waals surface area contributed by atoms with Crippen LogP contribution in [0, 0.1) is 0 Å². The summed E-state index contributed by atoms with van der Waals surface area (Å²) in [7, 11) is -0.614. The number of ether oxygens (including phenoxy) is 2. The lowest BCUT2D eigenvalue weighted by Gasteiger charge is -2.26. The second-order valence-corrected chi connectivity index (χ2v) is 4.93. The summed E-state index contributed by atoms with van der Waals surface area (Å²) in [6.07, 6.45) is 3.63. The fraction of sp³-hybridized carbons (Fsp3) is 1.00. The van der Waals surface area contributed by atoms with E-state index in [0.29, 0.717) is 13.0 Å². The maximum absolute atomic E-state index is 12.8. The lowest BCUT2D eigenvalue weighted by atomic mass is 9.84.